The molecule has 126 valence electrons. The third-order valence-electron chi connectivity index (χ3n) is 4.00. The molecule has 1 unspecified atom stereocenters. The highest BCUT2D eigenvalue weighted by atomic mass is 16.5. The lowest BCUT2D eigenvalue weighted by Gasteiger charge is -2.19. The molecule has 1 aliphatic rings. The molecule has 1 heterocycles. The van der Waals surface area contributed by atoms with Gasteiger partial charge in [0.25, 0.3) is 0 Å². The predicted octanol–water partition coefficient (Wildman–Crippen LogP) is 1.59. The van der Waals surface area contributed by atoms with Gasteiger partial charge in [-0.15, -0.1) is 0 Å². The van der Waals surface area contributed by atoms with E-state index in [-0.39, 0.29) is 18.9 Å². The Balaban J connectivity index is 1.92. The Hall–Kier alpha value is -1.92. The van der Waals surface area contributed by atoms with Crippen LogP contribution in [0.5, 0.6) is 0 Å². The number of hydrogen-bond acceptors (Lipinski definition) is 4. The summed E-state index contributed by atoms with van der Waals surface area (Å²) in [5.41, 5.74) is 1.91. The molecular weight excluding hydrogens is 296 g/mol. The van der Waals surface area contributed by atoms with Gasteiger partial charge in [-0.05, 0) is 31.7 Å². The van der Waals surface area contributed by atoms with E-state index in [1.54, 1.807) is 4.90 Å². The van der Waals surface area contributed by atoms with Crippen LogP contribution in [0.25, 0.3) is 0 Å². The Morgan fingerprint density at radius 1 is 1.39 bits per heavy atom. The molecule has 1 aromatic rings. The minimum atomic E-state index is -0.909. The van der Waals surface area contributed by atoms with Gasteiger partial charge in [0.1, 0.15) is 0 Å². The van der Waals surface area contributed by atoms with Gasteiger partial charge in [-0.1, -0.05) is 12.1 Å². The molecule has 2 rings (SSSR count). The lowest BCUT2D eigenvalue weighted by Crippen LogP contribution is -2.26. The molecule has 1 aliphatic heterocycles. The van der Waals surface area contributed by atoms with Gasteiger partial charge in [0, 0.05) is 38.3 Å². The zero-order chi connectivity index (χ0) is 16.8. The summed E-state index contributed by atoms with van der Waals surface area (Å²) < 4.78 is 5.34. The van der Waals surface area contributed by atoms with Crippen molar-refractivity contribution in [1.29, 1.82) is 0 Å². The first kappa shape index (κ1) is 17.4. The van der Waals surface area contributed by atoms with Crippen LogP contribution in [0.3, 0.4) is 0 Å². The predicted molar refractivity (Wildman–Crippen MR) is 87.4 cm³/mol. The average molecular weight is 320 g/mol. The van der Waals surface area contributed by atoms with Crippen molar-refractivity contribution in [3.05, 3.63) is 29.8 Å². The Labute approximate surface area is 136 Å². The molecule has 0 saturated carbocycles. The van der Waals surface area contributed by atoms with Crippen molar-refractivity contribution < 1.29 is 19.4 Å². The molecule has 1 fully saturated rings. The van der Waals surface area contributed by atoms with Crippen LogP contribution in [0.1, 0.15) is 18.9 Å². The number of hydrogen-bond donors (Lipinski definition) is 1. The van der Waals surface area contributed by atoms with Gasteiger partial charge >= 0.3 is 5.97 Å². The second-order valence-electron chi connectivity index (χ2n) is 5.84. The molecule has 0 aromatic heterocycles. The van der Waals surface area contributed by atoms with Crippen molar-refractivity contribution >= 4 is 17.6 Å². The maximum absolute atomic E-state index is 11.9. The molecular formula is C17H24N2O4. The van der Waals surface area contributed by atoms with E-state index in [1.165, 1.54) is 0 Å². The molecule has 0 bridgehead atoms. The molecule has 1 aromatic carbocycles. The van der Waals surface area contributed by atoms with E-state index in [1.807, 2.05) is 38.2 Å². The molecule has 1 N–H and O–H groups in total. The lowest BCUT2D eigenvalue weighted by atomic mass is 10.1. The average Bonchev–Trinajstić information content (AvgIpc) is 2.90. The molecule has 1 saturated heterocycles. The number of ether oxygens (including phenoxy) is 1. The van der Waals surface area contributed by atoms with Gasteiger partial charge in [0.2, 0.25) is 5.91 Å². The summed E-state index contributed by atoms with van der Waals surface area (Å²) in [6, 6.07) is 7.73. The Morgan fingerprint density at radius 3 is 2.65 bits per heavy atom. The number of carbonyl (C=O) groups excluding carboxylic acids is 1. The first-order valence-corrected chi connectivity index (χ1v) is 7.89. The molecule has 0 radical (unpaired) electrons. The van der Waals surface area contributed by atoms with Gasteiger partial charge in [-0.3, -0.25) is 14.5 Å². The number of anilines is 1. The van der Waals surface area contributed by atoms with Crippen molar-refractivity contribution in [3.63, 3.8) is 0 Å². The molecule has 0 aliphatic carbocycles. The van der Waals surface area contributed by atoms with Crippen LogP contribution in [0.4, 0.5) is 5.69 Å². The number of carboxylic acid groups (broad SMARTS) is 1. The van der Waals surface area contributed by atoms with Crippen molar-refractivity contribution in [2.45, 2.75) is 19.9 Å². The van der Waals surface area contributed by atoms with Gasteiger partial charge in [0.15, 0.2) is 0 Å². The fraction of sp³-hybridized carbons (Fsp3) is 0.529. The van der Waals surface area contributed by atoms with E-state index in [2.05, 4.69) is 4.90 Å². The second kappa shape index (κ2) is 8.08. The highest BCUT2D eigenvalue weighted by molar-refractivity contribution is 5.99. The number of carbonyl (C=O) groups is 2. The molecule has 6 heteroatoms. The van der Waals surface area contributed by atoms with Crippen LogP contribution in [0, 0.1) is 5.92 Å². The number of rotatable bonds is 8. The zero-order valence-electron chi connectivity index (χ0n) is 13.7. The SMILES string of the molecule is CCOCCN(C)Cc1ccc(N2CC(C(=O)O)CC2=O)cc1. The van der Waals surface area contributed by atoms with Crippen molar-refractivity contribution in [2.24, 2.45) is 5.92 Å². The lowest BCUT2D eigenvalue weighted by molar-refractivity contribution is -0.141. The Morgan fingerprint density at radius 2 is 2.09 bits per heavy atom. The number of likely N-dealkylation sites (N-methyl/N-ethyl adjacent to an activating group) is 1. The number of aliphatic carboxylic acids is 1. The Bertz CT molecular complexity index is 544. The second-order valence-corrected chi connectivity index (χ2v) is 5.84. The minimum Gasteiger partial charge on any atom is -0.481 e. The molecule has 23 heavy (non-hydrogen) atoms. The molecule has 1 atom stereocenters. The van der Waals surface area contributed by atoms with E-state index in [4.69, 9.17) is 9.84 Å². The van der Waals surface area contributed by atoms with Gasteiger partial charge in [-0.25, -0.2) is 0 Å². The van der Waals surface area contributed by atoms with E-state index in [0.717, 1.165) is 30.9 Å². The van der Waals surface area contributed by atoms with Gasteiger partial charge < -0.3 is 14.7 Å². The first-order chi connectivity index (χ1) is 11.0. The fourth-order valence-electron chi connectivity index (χ4n) is 2.66. The largest absolute Gasteiger partial charge is 0.481 e. The number of amides is 1. The van der Waals surface area contributed by atoms with Crippen LogP contribution in [0.15, 0.2) is 24.3 Å². The highest BCUT2D eigenvalue weighted by Crippen LogP contribution is 2.25. The zero-order valence-corrected chi connectivity index (χ0v) is 13.7. The van der Waals surface area contributed by atoms with Gasteiger partial charge in [-0.2, -0.15) is 0 Å². The molecule has 0 spiro atoms. The van der Waals surface area contributed by atoms with E-state index in [9.17, 15) is 9.59 Å². The van der Waals surface area contributed by atoms with Crippen LogP contribution in [-0.2, 0) is 20.9 Å². The summed E-state index contributed by atoms with van der Waals surface area (Å²) in [6.45, 7) is 5.34. The summed E-state index contributed by atoms with van der Waals surface area (Å²) >= 11 is 0. The first-order valence-electron chi connectivity index (χ1n) is 7.89. The quantitative estimate of drug-likeness (QED) is 0.737. The monoisotopic (exact) mass is 320 g/mol. The third kappa shape index (κ3) is 4.77. The Kier molecular flexibility index (Phi) is 6.12. The number of carboxylic acids is 1. The standard InChI is InChI=1S/C17H24N2O4/c1-3-23-9-8-18(2)11-13-4-6-15(7-5-13)19-12-14(17(21)22)10-16(19)20/h4-7,14H,3,8-12H2,1-2H3,(H,21,22). The molecule has 1 amide bonds. The topological polar surface area (TPSA) is 70.1 Å². The summed E-state index contributed by atoms with van der Waals surface area (Å²) in [6.07, 6.45) is 0.0806. The van der Waals surface area contributed by atoms with Crippen LogP contribution in [0.2, 0.25) is 0 Å². The van der Waals surface area contributed by atoms with Crippen LogP contribution in [-0.4, -0.2) is 55.2 Å². The fourth-order valence-corrected chi connectivity index (χ4v) is 2.66. The maximum atomic E-state index is 11.9. The summed E-state index contributed by atoms with van der Waals surface area (Å²) in [4.78, 5) is 26.7. The van der Waals surface area contributed by atoms with Crippen LogP contribution >= 0.6 is 0 Å². The van der Waals surface area contributed by atoms with Crippen molar-refractivity contribution in [3.8, 4) is 0 Å². The van der Waals surface area contributed by atoms with E-state index < -0.39 is 11.9 Å². The third-order valence-corrected chi connectivity index (χ3v) is 4.00. The normalized spacial score (nSPS) is 18.0. The van der Waals surface area contributed by atoms with Crippen LogP contribution < -0.4 is 4.90 Å². The maximum Gasteiger partial charge on any atom is 0.308 e. The number of benzene rings is 1. The summed E-state index contributed by atoms with van der Waals surface area (Å²) in [5.74, 6) is -1.64. The number of nitrogens with zero attached hydrogens (tertiary/aromatic N) is 2. The highest BCUT2D eigenvalue weighted by Gasteiger charge is 2.34. The van der Waals surface area contributed by atoms with E-state index in [0.29, 0.717) is 6.61 Å². The van der Waals surface area contributed by atoms with Crippen molar-refractivity contribution in [1.82, 2.24) is 4.90 Å². The minimum absolute atomic E-state index is 0.0806. The molecule has 6 nitrogen and oxygen atoms in total. The van der Waals surface area contributed by atoms with Gasteiger partial charge in [0.05, 0.1) is 12.5 Å². The van der Waals surface area contributed by atoms with Crippen molar-refractivity contribution in [2.75, 3.05) is 38.3 Å². The van der Waals surface area contributed by atoms with E-state index >= 15 is 0 Å². The smallest absolute Gasteiger partial charge is 0.308 e. The summed E-state index contributed by atoms with van der Waals surface area (Å²) in [7, 11) is 2.04. The summed E-state index contributed by atoms with van der Waals surface area (Å²) in [5, 5.41) is 9.03.